The van der Waals surface area contributed by atoms with Crippen LogP contribution >= 0.6 is 0 Å². The van der Waals surface area contributed by atoms with E-state index in [1.807, 2.05) is 18.7 Å². The quantitative estimate of drug-likeness (QED) is 0.501. The molecule has 0 atom stereocenters. The highest BCUT2D eigenvalue weighted by Crippen LogP contribution is 2.23. The van der Waals surface area contributed by atoms with Crippen LogP contribution in [0.4, 0.5) is 11.4 Å². The number of nitrogens with zero attached hydrogens (tertiary/aromatic N) is 1. The SMILES string of the molecule is CCOCCN(CCOCC)c1cc(N)ccc1C(N)=O. The number of carbonyl (C=O) groups excluding carboxylic acids is 1. The van der Waals surface area contributed by atoms with Crippen LogP contribution in [0.5, 0.6) is 0 Å². The summed E-state index contributed by atoms with van der Waals surface area (Å²) >= 11 is 0. The lowest BCUT2D eigenvalue weighted by Crippen LogP contribution is -2.33. The van der Waals surface area contributed by atoms with Crippen molar-refractivity contribution in [2.75, 3.05) is 50.2 Å². The molecule has 118 valence electrons. The lowest BCUT2D eigenvalue weighted by molar-refractivity contribution is 0.1000. The lowest BCUT2D eigenvalue weighted by atomic mass is 10.1. The summed E-state index contributed by atoms with van der Waals surface area (Å²) < 4.78 is 10.8. The van der Waals surface area contributed by atoms with Gasteiger partial charge in [0.15, 0.2) is 0 Å². The van der Waals surface area contributed by atoms with E-state index < -0.39 is 5.91 Å². The van der Waals surface area contributed by atoms with Crippen molar-refractivity contribution in [3.05, 3.63) is 23.8 Å². The Hall–Kier alpha value is -1.79. The predicted molar refractivity (Wildman–Crippen MR) is 84.6 cm³/mol. The van der Waals surface area contributed by atoms with Crippen molar-refractivity contribution < 1.29 is 14.3 Å². The van der Waals surface area contributed by atoms with Crippen LogP contribution in [0.2, 0.25) is 0 Å². The molecule has 0 saturated carbocycles. The molecule has 6 heteroatoms. The first-order valence-corrected chi connectivity index (χ1v) is 7.19. The van der Waals surface area contributed by atoms with E-state index in [-0.39, 0.29) is 0 Å². The third-order valence-corrected chi connectivity index (χ3v) is 3.05. The molecule has 1 aromatic rings. The third-order valence-electron chi connectivity index (χ3n) is 3.05. The molecule has 0 aliphatic carbocycles. The van der Waals surface area contributed by atoms with Crippen LogP contribution in [-0.2, 0) is 9.47 Å². The zero-order valence-corrected chi connectivity index (χ0v) is 12.8. The van der Waals surface area contributed by atoms with Crippen LogP contribution < -0.4 is 16.4 Å². The first-order valence-electron chi connectivity index (χ1n) is 7.19. The Balaban J connectivity index is 2.93. The monoisotopic (exact) mass is 295 g/mol. The van der Waals surface area contributed by atoms with Gasteiger partial charge >= 0.3 is 0 Å². The summed E-state index contributed by atoms with van der Waals surface area (Å²) in [6.07, 6.45) is 0. The smallest absolute Gasteiger partial charge is 0.250 e. The van der Waals surface area contributed by atoms with Gasteiger partial charge in [-0.3, -0.25) is 4.79 Å². The number of primary amides is 1. The molecule has 0 aliphatic rings. The molecule has 1 rings (SSSR count). The maximum absolute atomic E-state index is 11.6. The molecule has 0 spiro atoms. The number of hydrogen-bond acceptors (Lipinski definition) is 5. The number of rotatable bonds is 10. The second kappa shape index (κ2) is 9.20. The zero-order chi connectivity index (χ0) is 15.7. The molecule has 0 heterocycles. The van der Waals surface area contributed by atoms with Crippen LogP contribution in [0.15, 0.2) is 18.2 Å². The highest BCUT2D eigenvalue weighted by atomic mass is 16.5. The first-order chi connectivity index (χ1) is 10.1. The minimum Gasteiger partial charge on any atom is -0.399 e. The maximum atomic E-state index is 11.6. The van der Waals surface area contributed by atoms with Gasteiger partial charge in [-0.25, -0.2) is 0 Å². The molecular weight excluding hydrogens is 270 g/mol. The van der Waals surface area contributed by atoms with E-state index in [1.165, 1.54) is 0 Å². The Morgan fingerprint density at radius 1 is 1.14 bits per heavy atom. The average Bonchev–Trinajstić information content (AvgIpc) is 2.45. The highest BCUT2D eigenvalue weighted by Gasteiger charge is 2.15. The van der Waals surface area contributed by atoms with Crippen LogP contribution in [-0.4, -0.2) is 45.4 Å². The van der Waals surface area contributed by atoms with Crippen molar-refractivity contribution in [3.63, 3.8) is 0 Å². The molecule has 4 N–H and O–H groups in total. The summed E-state index contributed by atoms with van der Waals surface area (Å²) in [5.41, 5.74) is 13.0. The Bertz CT molecular complexity index is 442. The Morgan fingerprint density at radius 3 is 2.19 bits per heavy atom. The van der Waals surface area contributed by atoms with Crippen LogP contribution in [0, 0.1) is 0 Å². The predicted octanol–water partition coefficient (Wildman–Crippen LogP) is 1.25. The van der Waals surface area contributed by atoms with Crippen LogP contribution in [0.1, 0.15) is 24.2 Å². The molecule has 0 bridgehead atoms. The summed E-state index contributed by atoms with van der Waals surface area (Å²) in [7, 11) is 0. The number of anilines is 2. The molecule has 0 radical (unpaired) electrons. The van der Waals surface area contributed by atoms with Gasteiger partial charge < -0.3 is 25.8 Å². The van der Waals surface area contributed by atoms with Crippen LogP contribution in [0.3, 0.4) is 0 Å². The van der Waals surface area contributed by atoms with Gasteiger partial charge in [-0.15, -0.1) is 0 Å². The number of hydrogen-bond donors (Lipinski definition) is 2. The van der Waals surface area contributed by atoms with E-state index in [0.717, 1.165) is 5.69 Å². The van der Waals surface area contributed by atoms with Gasteiger partial charge in [-0.2, -0.15) is 0 Å². The number of nitrogen functional groups attached to an aromatic ring is 1. The number of benzene rings is 1. The first kappa shape index (κ1) is 17.3. The minimum atomic E-state index is -0.470. The maximum Gasteiger partial charge on any atom is 0.250 e. The van der Waals surface area contributed by atoms with Crippen molar-refractivity contribution in [2.24, 2.45) is 5.73 Å². The standard InChI is InChI=1S/C15H25N3O3/c1-3-20-9-7-18(8-10-21-4-2)14-11-12(16)5-6-13(14)15(17)19/h5-6,11H,3-4,7-10,16H2,1-2H3,(H2,17,19). The van der Waals surface area contributed by atoms with E-state index in [4.69, 9.17) is 20.9 Å². The fourth-order valence-corrected chi connectivity index (χ4v) is 2.01. The Kier molecular flexibility index (Phi) is 7.56. The number of nitrogens with two attached hydrogens (primary N) is 2. The van der Waals surface area contributed by atoms with E-state index in [2.05, 4.69) is 0 Å². The Morgan fingerprint density at radius 2 is 1.71 bits per heavy atom. The van der Waals surface area contributed by atoms with Crippen molar-refractivity contribution >= 4 is 17.3 Å². The topological polar surface area (TPSA) is 90.8 Å². The van der Waals surface area contributed by atoms with E-state index in [9.17, 15) is 4.79 Å². The van der Waals surface area contributed by atoms with Gasteiger partial charge in [0.05, 0.1) is 24.5 Å². The third kappa shape index (κ3) is 5.61. The number of carbonyl (C=O) groups is 1. The zero-order valence-electron chi connectivity index (χ0n) is 12.8. The van der Waals surface area contributed by atoms with E-state index in [1.54, 1.807) is 18.2 Å². The van der Waals surface area contributed by atoms with Crippen molar-refractivity contribution in [1.29, 1.82) is 0 Å². The summed E-state index contributed by atoms with van der Waals surface area (Å²) in [6.45, 7) is 7.61. The van der Waals surface area contributed by atoms with E-state index in [0.29, 0.717) is 50.8 Å². The van der Waals surface area contributed by atoms with Crippen molar-refractivity contribution in [3.8, 4) is 0 Å². The highest BCUT2D eigenvalue weighted by molar-refractivity contribution is 5.99. The molecule has 1 aromatic carbocycles. The fraction of sp³-hybridized carbons (Fsp3) is 0.533. The molecule has 0 saturated heterocycles. The van der Waals surface area contributed by atoms with Gasteiger partial charge in [0.25, 0.3) is 5.91 Å². The molecule has 0 aliphatic heterocycles. The summed E-state index contributed by atoms with van der Waals surface area (Å²) in [6, 6.07) is 5.09. The summed E-state index contributed by atoms with van der Waals surface area (Å²) in [4.78, 5) is 13.6. The Labute approximate surface area is 126 Å². The second-order valence-corrected chi connectivity index (χ2v) is 4.52. The van der Waals surface area contributed by atoms with Crippen LogP contribution in [0.25, 0.3) is 0 Å². The molecular formula is C15H25N3O3. The molecule has 0 unspecified atom stereocenters. The number of ether oxygens (including phenoxy) is 2. The van der Waals surface area contributed by atoms with Gasteiger partial charge in [0, 0.05) is 32.0 Å². The fourth-order valence-electron chi connectivity index (χ4n) is 2.01. The molecule has 0 aromatic heterocycles. The largest absolute Gasteiger partial charge is 0.399 e. The van der Waals surface area contributed by atoms with E-state index >= 15 is 0 Å². The molecule has 6 nitrogen and oxygen atoms in total. The van der Waals surface area contributed by atoms with Gasteiger partial charge in [-0.05, 0) is 32.0 Å². The van der Waals surface area contributed by atoms with Crippen molar-refractivity contribution in [2.45, 2.75) is 13.8 Å². The number of amides is 1. The summed E-state index contributed by atoms with van der Waals surface area (Å²) in [5, 5.41) is 0. The minimum absolute atomic E-state index is 0.456. The molecule has 21 heavy (non-hydrogen) atoms. The lowest BCUT2D eigenvalue weighted by Gasteiger charge is -2.26. The van der Waals surface area contributed by atoms with Gasteiger partial charge in [-0.1, -0.05) is 0 Å². The second-order valence-electron chi connectivity index (χ2n) is 4.52. The normalized spacial score (nSPS) is 10.6. The van der Waals surface area contributed by atoms with Gasteiger partial charge in [0.2, 0.25) is 0 Å². The summed E-state index contributed by atoms with van der Waals surface area (Å²) in [5.74, 6) is -0.470. The van der Waals surface area contributed by atoms with Crippen molar-refractivity contribution in [1.82, 2.24) is 0 Å². The molecule has 0 fully saturated rings. The van der Waals surface area contributed by atoms with Gasteiger partial charge in [0.1, 0.15) is 0 Å². The molecule has 1 amide bonds. The average molecular weight is 295 g/mol.